The van der Waals surface area contributed by atoms with Crippen LogP contribution in [0.25, 0.3) is 0 Å². The predicted octanol–water partition coefficient (Wildman–Crippen LogP) is 4.05. The van der Waals surface area contributed by atoms with Gasteiger partial charge in [0.05, 0.1) is 6.10 Å². The minimum atomic E-state index is -0.667. The summed E-state index contributed by atoms with van der Waals surface area (Å²) in [6.45, 7) is 0. The summed E-state index contributed by atoms with van der Waals surface area (Å²) in [6.07, 6.45) is 2.76. The van der Waals surface area contributed by atoms with Crippen molar-refractivity contribution in [1.82, 2.24) is 4.98 Å². The van der Waals surface area contributed by atoms with Crippen LogP contribution in [-0.4, -0.2) is 10.1 Å². The number of fused-ring (bicyclic) bond motifs is 2. The highest BCUT2D eigenvalue weighted by Gasteiger charge is 2.33. The van der Waals surface area contributed by atoms with Crippen LogP contribution in [0, 0.1) is 0 Å². The predicted molar refractivity (Wildman–Crippen MR) is 84.0 cm³/mol. The molecule has 3 heteroatoms. The number of aromatic nitrogens is 1. The van der Waals surface area contributed by atoms with Gasteiger partial charge in [-0.05, 0) is 23.8 Å². The first-order valence-electron chi connectivity index (χ1n) is 7.28. The molecule has 0 spiro atoms. The van der Waals surface area contributed by atoms with Crippen molar-refractivity contribution >= 4 is 0 Å². The van der Waals surface area contributed by atoms with Crippen LogP contribution < -0.4 is 4.74 Å². The highest BCUT2D eigenvalue weighted by atomic mass is 16.5. The monoisotopic (exact) mass is 289 g/mol. The zero-order chi connectivity index (χ0) is 14.9. The number of benzene rings is 2. The lowest BCUT2D eigenvalue weighted by Gasteiger charge is -2.31. The van der Waals surface area contributed by atoms with Gasteiger partial charge in [-0.2, -0.15) is 0 Å². The molecule has 1 aliphatic heterocycles. The van der Waals surface area contributed by atoms with Gasteiger partial charge in [-0.25, -0.2) is 0 Å². The van der Waals surface area contributed by atoms with Crippen molar-refractivity contribution in [2.24, 2.45) is 0 Å². The van der Waals surface area contributed by atoms with Crippen molar-refractivity contribution in [3.8, 4) is 11.5 Å². The van der Waals surface area contributed by atoms with E-state index < -0.39 is 6.10 Å². The number of nitrogens with zero attached hydrogens (tertiary/aromatic N) is 1. The van der Waals surface area contributed by atoms with Gasteiger partial charge in [0.2, 0.25) is 0 Å². The van der Waals surface area contributed by atoms with E-state index in [1.165, 1.54) is 0 Å². The number of aliphatic hydroxyl groups excluding tert-OH is 1. The van der Waals surface area contributed by atoms with E-state index in [-0.39, 0.29) is 5.92 Å². The minimum Gasteiger partial charge on any atom is -0.457 e. The largest absolute Gasteiger partial charge is 0.457 e. The Kier molecular flexibility index (Phi) is 3.13. The first kappa shape index (κ1) is 13.0. The Morgan fingerprint density at radius 3 is 2.09 bits per heavy atom. The summed E-state index contributed by atoms with van der Waals surface area (Å²) < 4.78 is 5.97. The van der Waals surface area contributed by atoms with Crippen molar-refractivity contribution in [2.75, 3.05) is 0 Å². The highest BCUT2D eigenvalue weighted by Crippen LogP contribution is 2.48. The van der Waals surface area contributed by atoms with Crippen LogP contribution in [0.15, 0.2) is 73.1 Å². The van der Waals surface area contributed by atoms with Gasteiger partial charge in [0.15, 0.2) is 0 Å². The van der Waals surface area contributed by atoms with Gasteiger partial charge in [-0.3, -0.25) is 4.98 Å². The molecule has 0 radical (unpaired) electrons. The van der Waals surface area contributed by atoms with Crippen LogP contribution in [-0.2, 0) is 0 Å². The Morgan fingerprint density at radius 2 is 1.50 bits per heavy atom. The fraction of sp³-hybridized carbons (Fsp3) is 0.105. The Labute approximate surface area is 128 Å². The molecular formula is C19H15NO2. The third-order valence-electron chi connectivity index (χ3n) is 4.07. The molecule has 3 aromatic rings. The Bertz CT molecular complexity index is 756. The molecule has 0 bridgehead atoms. The molecule has 1 unspecified atom stereocenters. The van der Waals surface area contributed by atoms with E-state index in [0.717, 1.165) is 28.2 Å². The normalized spacial score (nSPS) is 14.6. The topological polar surface area (TPSA) is 42.4 Å². The number of aliphatic hydroxyl groups is 1. The average Bonchev–Trinajstić information content (AvgIpc) is 2.60. The molecule has 2 heterocycles. The summed E-state index contributed by atoms with van der Waals surface area (Å²) >= 11 is 0. The molecule has 3 nitrogen and oxygen atoms in total. The molecule has 1 aliphatic rings. The van der Waals surface area contributed by atoms with Crippen molar-refractivity contribution < 1.29 is 9.84 Å². The standard InChI is InChI=1S/C19H15NO2/c21-19(13-6-5-11-20-12-13)18-14-7-1-3-9-16(14)22-17-10-4-2-8-15(17)18/h1-12,18-19,21H. The Hall–Kier alpha value is -2.65. The third-order valence-corrected chi connectivity index (χ3v) is 4.07. The van der Waals surface area contributed by atoms with E-state index in [9.17, 15) is 5.11 Å². The van der Waals surface area contributed by atoms with Crippen molar-refractivity contribution in [1.29, 1.82) is 0 Å². The van der Waals surface area contributed by atoms with Gasteiger partial charge in [0.25, 0.3) is 0 Å². The molecular weight excluding hydrogens is 274 g/mol. The highest BCUT2D eigenvalue weighted by molar-refractivity contribution is 5.54. The van der Waals surface area contributed by atoms with Gasteiger partial charge in [-0.15, -0.1) is 0 Å². The lowest BCUT2D eigenvalue weighted by molar-refractivity contribution is 0.154. The SMILES string of the molecule is OC(c1cccnc1)C1c2ccccc2Oc2ccccc21. The number of hydrogen-bond acceptors (Lipinski definition) is 3. The molecule has 2 aromatic carbocycles. The van der Waals surface area contributed by atoms with E-state index >= 15 is 0 Å². The van der Waals surface area contributed by atoms with Crippen LogP contribution in [0.3, 0.4) is 0 Å². The van der Waals surface area contributed by atoms with Crippen molar-refractivity contribution in [3.63, 3.8) is 0 Å². The Morgan fingerprint density at radius 1 is 0.864 bits per heavy atom. The lowest BCUT2D eigenvalue weighted by Crippen LogP contribution is -2.17. The van der Waals surface area contributed by atoms with Gasteiger partial charge in [-0.1, -0.05) is 42.5 Å². The van der Waals surface area contributed by atoms with Gasteiger partial charge in [0, 0.05) is 29.4 Å². The second-order valence-electron chi connectivity index (χ2n) is 5.39. The number of ether oxygens (including phenoxy) is 1. The van der Waals surface area contributed by atoms with E-state index in [4.69, 9.17) is 4.74 Å². The van der Waals surface area contributed by atoms with Crippen LogP contribution in [0.5, 0.6) is 11.5 Å². The van der Waals surface area contributed by atoms with Gasteiger partial charge < -0.3 is 9.84 Å². The van der Waals surface area contributed by atoms with Crippen molar-refractivity contribution in [3.05, 3.63) is 89.7 Å². The summed E-state index contributed by atoms with van der Waals surface area (Å²) in [5, 5.41) is 10.9. The number of pyridine rings is 1. The van der Waals surface area contributed by atoms with E-state index in [1.807, 2.05) is 60.7 Å². The van der Waals surface area contributed by atoms with Crippen LogP contribution in [0.4, 0.5) is 0 Å². The lowest BCUT2D eigenvalue weighted by atomic mass is 9.82. The summed E-state index contributed by atoms with van der Waals surface area (Å²) in [5.74, 6) is 1.44. The molecule has 0 saturated heterocycles. The maximum atomic E-state index is 10.9. The number of rotatable bonds is 2. The van der Waals surface area contributed by atoms with Crippen LogP contribution in [0.1, 0.15) is 28.7 Å². The molecule has 1 aromatic heterocycles. The fourth-order valence-electron chi connectivity index (χ4n) is 3.03. The van der Waals surface area contributed by atoms with Gasteiger partial charge >= 0.3 is 0 Å². The molecule has 0 saturated carbocycles. The molecule has 0 fully saturated rings. The first-order valence-corrected chi connectivity index (χ1v) is 7.28. The summed E-state index contributed by atoms with van der Waals surface area (Å²) in [4.78, 5) is 4.12. The molecule has 0 aliphatic carbocycles. The van der Waals surface area contributed by atoms with Crippen molar-refractivity contribution in [2.45, 2.75) is 12.0 Å². The van der Waals surface area contributed by atoms with E-state index in [2.05, 4.69) is 4.98 Å². The minimum absolute atomic E-state index is 0.162. The first-order chi connectivity index (χ1) is 10.8. The zero-order valence-corrected chi connectivity index (χ0v) is 11.9. The third kappa shape index (κ3) is 2.07. The van der Waals surface area contributed by atoms with E-state index in [0.29, 0.717) is 0 Å². The maximum Gasteiger partial charge on any atom is 0.131 e. The van der Waals surface area contributed by atoms with Crippen LogP contribution >= 0.6 is 0 Å². The average molecular weight is 289 g/mol. The molecule has 108 valence electrons. The molecule has 4 rings (SSSR count). The van der Waals surface area contributed by atoms with Gasteiger partial charge in [0.1, 0.15) is 11.5 Å². The second kappa shape index (κ2) is 5.28. The Balaban J connectivity index is 1.88. The number of para-hydroxylation sites is 2. The smallest absolute Gasteiger partial charge is 0.131 e. The quantitative estimate of drug-likeness (QED) is 0.773. The molecule has 0 amide bonds. The maximum absolute atomic E-state index is 10.9. The fourth-order valence-corrected chi connectivity index (χ4v) is 3.03. The molecule has 22 heavy (non-hydrogen) atoms. The molecule has 1 atom stereocenters. The second-order valence-corrected chi connectivity index (χ2v) is 5.39. The summed E-state index contributed by atoms with van der Waals surface area (Å²) in [5.41, 5.74) is 2.80. The summed E-state index contributed by atoms with van der Waals surface area (Å²) in [6, 6.07) is 19.5. The van der Waals surface area contributed by atoms with Crippen LogP contribution in [0.2, 0.25) is 0 Å². The zero-order valence-electron chi connectivity index (χ0n) is 11.9. The number of hydrogen-bond donors (Lipinski definition) is 1. The summed E-state index contributed by atoms with van der Waals surface area (Å²) in [7, 11) is 0. The molecule has 1 N–H and O–H groups in total. The van der Waals surface area contributed by atoms with E-state index in [1.54, 1.807) is 12.4 Å².